The number of aliphatic hydroxyl groups is 2. The molecule has 0 saturated carbocycles. The van der Waals surface area contributed by atoms with E-state index < -0.39 is 12.2 Å². The molecule has 0 heterocycles. The third-order valence-electron chi connectivity index (χ3n) is 2.16. The van der Waals surface area contributed by atoms with Crippen LogP contribution in [0.2, 0.25) is 0 Å². The summed E-state index contributed by atoms with van der Waals surface area (Å²) in [7, 11) is 0. The molecule has 0 aliphatic heterocycles. The molecule has 1 aromatic rings. The zero-order chi connectivity index (χ0) is 12.8. The van der Waals surface area contributed by atoms with Crippen molar-refractivity contribution in [3.63, 3.8) is 0 Å². The molecule has 0 aliphatic carbocycles. The van der Waals surface area contributed by atoms with E-state index in [0.29, 0.717) is 13.1 Å². The van der Waals surface area contributed by atoms with Crippen LogP contribution >= 0.6 is 15.9 Å². The van der Waals surface area contributed by atoms with Crippen molar-refractivity contribution in [1.29, 1.82) is 0 Å². The minimum Gasteiger partial charge on any atom is -0.392 e. The van der Waals surface area contributed by atoms with Crippen LogP contribution < -0.4 is 10.6 Å². The second-order valence-corrected chi connectivity index (χ2v) is 5.07. The molecule has 0 radical (unpaired) electrons. The van der Waals surface area contributed by atoms with Gasteiger partial charge in [-0.15, -0.1) is 0 Å². The molecule has 4 N–H and O–H groups in total. The maximum atomic E-state index is 9.26. The van der Waals surface area contributed by atoms with Crippen molar-refractivity contribution in [3.8, 4) is 0 Å². The number of rotatable bonds is 6. The fourth-order valence-electron chi connectivity index (χ4n) is 1.33. The first-order valence-corrected chi connectivity index (χ1v) is 6.41. The standard InChI is InChI=1S/C12H19BrN2O2/c1-8(16)6-14-11-4-3-10(13)5-12(11)15-7-9(2)17/h3-5,8-9,14-17H,6-7H2,1-2H3. The van der Waals surface area contributed by atoms with Crippen molar-refractivity contribution in [2.75, 3.05) is 23.7 Å². The van der Waals surface area contributed by atoms with Gasteiger partial charge in [-0.3, -0.25) is 0 Å². The third-order valence-corrected chi connectivity index (χ3v) is 2.65. The van der Waals surface area contributed by atoms with Gasteiger partial charge in [-0.05, 0) is 32.0 Å². The van der Waals surface area contributed by atoms with E-state index >= 15 is 0 Å². The van der Waals surface area contributed by atoms with Crippen molar-refractivity contribution in [1.82, 2.24) is 0 Å². The number of nitrogens with one attached hydrogen (secondary N) is 2. The molecule has 4 nitrogen and oxygen atoms in total. The lowest BCUT2D eigenvalue weighted by Crippen LogP contribution is -2.19. The highest BCUT2D eigenvalue weighted by atomic mass is 79.9. The predicted molar refractivity (Wildman–Crippen MR) is 74.5 cm³/mol. The van der Waals surface area contributed by atoms with E-state index in [1.807, 2.05) is 18.2 Å². The van der Waals surface area contributed by atoms with Crippen LogP contribution in [0.25, 0.3) is 0 Å². The van der Waals surface area contributed by atoms with Crippen LogP contribution in [-0.2, 0) is 0 Å². The Hall–Kier alpha value is -0.780. The molecular weight excluding hydrogens is 284 g/mol. The molecule has 5 heteroatoms. The molecule has 2 unspecified atom stereocenters. The Morgan fingerprint density at radius 2 is 1.59 bits per heavy atom. The van der Waals surface area contributed by atoms with E-state index in [0.717, 1.165) is 15.8 Å². The zero-order valence-corrected chi connectivity index (χ0v) is 11.7. The molecule has 0 spiro atoms. The Labute approximate surface area is 110 Å². The SMILES string of the molecule is CC(O)CNc1ccc(Br)cc1NCC(C)O. The fraction of sp³-hybridized carbons (Fsp3) is 0.500. The number of hydrogen-bond acceptors (Lipinski definition) is 4. The van der Waals surface area contributed by atoms with Gasteiger partial charge >= 0.3 is 0 Å². The normalized spacial score (nSPS) is 14.2. The summed E-state index contributed by atoms with van der Waals surface area (Å²) in [5.41, 5.74) is 1.82. The first-order chi connectivity index (χ1) is 7.99. The van der Waals surface area contributed by atoms with E-state index in [1.165, 1.54) is 0 Å². The Morgan fingerprint density at radius 1 is 1.06 bits per heavy atom. The Morgan fingerprint density at radius 3 is 2.12 bits per heavy atom. The minimum absolute atomic E-state index is 0.400. The molecule has 0 fully saturated rings. The van der Waals surface area contributed by atoms with E-state index in [9.17, 15) is 10.2 Å². The van der Waals surface area contributed by atoms with E-state index in [4.69, 9.17) is 0 Å². The van der Waals surface area contributed by atoms with Crippen LogP contribution in [0.1, 0.15) is 13.8 Å². The van der Waals surface area contributed by atoms with Crippen LogP contribution in [0.3, 0.4) is 0 Å². The molecule has 96 valence electrons. The number of anilines is 2. The summed E-state index contributed by atoms with van der Waals surface area (Å²) in [5, 5.41) is 24.8. The fourth-order valence-corrected chi connectivity index (χ4v) is 1.69. The van der Waals surface area contributed by atoms with Crippen LogP contribution in [-0.4, -0.2) is 35.5 Å². The van der Waals surface area contributed by atoms with Gasteiger partial charge in [0, 0.05) is 17.6 Å². The lowest BCUT2D eigenvalue weighted by molar-refractivity contribution is 0.207. The summed E-state index contributed by atoms with van der Waals surface area (Å²) in [4.78, 5) is 0. The van der Waals surface area contributed by atoms with Gasteiger partial charge in [0.15, 0.2) is 0 Å². The Bertz CT molecular complexity index is 356. The van der Waals surface area contributed by atoms with Crippen LogP contribution in [0.5, 0.6) is 0 Å². The first-order valence-electron chi connectivity index (χ1n) is 5.62. The molecule has 0 aromatic heterocycles. The second kappa shape index (κ2) is 6.83. The van der Waals surface area contributed by atoms with Gasteiger partial charge in [0.1, 0.15) is 0 Å². The quantitative estimate of drug-likeness (QED) is 0.649. The van der Waals surface area contributed by atoms with Crippen molar-refractivity contribution < 1.29 is 10.2 Å². The molecule has 0 amide bonds. The average molecular weight is 303 g/mol. The van der Waals surface area contributed by atoms with Crippen molar-refractivity contribution in [2.24, 2.45) is 0 Å². The number of halogens is 1. The Balaban J connectivity index is 2.72. The summed E-state index contributed by atoms with van der Waals surface area (Å²) >= 11 is 3.40. The van der Waals surface area contributed by atoms with Gasteiger partial charge < -0.3 is 20.8 Å². The van der Waals surface area contributed by atoms with E-state index in [2.05, 4.69) is 26.6 Å². The van der Waals surface area contributed by atoms with Crippen LogP contribution in [0, 0.1) is 0 Å². The summed E-state index contributed by atoms with van der Waals surface area (Å²) in [6.45, 7) is 4.44. The van der Waals surface area contributed by atoms with Gasteiger partial charge in [0.25, 0.3) is 0 Å². The monoisotopic (exact) mass is 302 g/mol. The minimum atomic E-state index is -0.404. The van der Waals surface area contributed by atoms with Crippen LogP contribution in [0.4, 0.5) is 11.4 Å². The van der Waals surface area contributed by atoms with Gasteiger partial charge in [-0.1, -0.05) is 15.9 Å². The van der Waals surface area contributed by atoms with Gasteiger partial charge in [0.05, 0.1) is 23.6 Å². The van der Waals surface area contributed by atoms with Gasteiger partial charge in [-0.25, -0.2) is 0 Å². The predicted octanol–water partition coefficient (Wildman–Crippen LogP) is 2.03. The molecule has 2 atom stereocenters. The Kier molecular flexibility index (Phi) is 5.74. The molecule has 0 aliphatic rings. The molecular formula is C12H19BrN2O2. The van der Waals surface area contributed by atoms with E-state index in [1.54, 1.807) is 13.8 Å². The topological polar surface area (TPSA) is 64.5 Å². The number of aliphatic hydroxyl groups excluding tert-OH is 2. The molecule has 1 rings (SSSR count). The maximum absolute atomic E-state index is 9.26. The third kappa shape index (κ3) is 5.39. The largest absolute Gasteiger partial charge is 0.392 e. The summed E-state index contributed by atoms with van der Waals surface area (Å²) in [6, 6.07) is 5.79. The summed E-state index contributed by atoms with van der Waals surface area (Å²) in [6.07, 6.45) is -0.804. The van der Waals surface area contributed by atoms with Crippen LogP contribution in [0.15, 0.2) is 22.7 Å². The highest BCUT2D eigenvalue weighted by Crippen LogP contribution is 2.26. The number of benzene rings is 1. The highest BCUT2D eigenvalue weighted by Gasteiger charge is 2.05. The summed E-state index contributed by atoms with van der Waals surface area (Å²) < 4.78 is 0.966. The molecule has 0 saturated heterocycles. The number of hydrogen-bond donors (Lipinski definition) is 4. The van der Waals surface area contributed by atoms with Crippen molar-refractivity contribution in [2.45, 2.75) is 26.1 Å². The lowest BCUT2D eigenvalue weighted by Gasteiger charge is -2.16. The summed E-state index contributed by atoms with van der Waals surface area (Å²) in [5.74, 6) is 0. The van der Waals surface area contributed by atoms with Gasteiger partial charge in [-0.2, -0.15) is 0 Å². The van der Waals surface area contributed by atoms with Crippen molar-refractivity contribution in [3.05, 3.63) is 22.7 Å². The average Bonchev–Trinajstić information content (AvgIpc) is 2.24. The van der Waals surface area contributed by atoms with Gasteiger partial charge in [0.2, 0.25) is 0 Å². The second-order valence-electron chi connectivity index (χ2n) is 4.15. The first kappa shape index (κ1) is 14.3. The van der Waals surface area contributed by atoms with E-state index in [-0.39, 0.29) is 0 Å². The zero-order valence-electron chi connectivity index (χ0n) is 10.1. The highest BCUT2D eigenvalue weighted by molar-refractivity contribution is 9.10. The lowest BCUT2D eigenvalue weighted by atomic mass is 10.2. The molecule has 17 heavy (non-hydrogen) atoms. The maximum Gasteiger partial charge on any atom is 0.0684 e. The molecule has 0 bridgehead atoms. The van der Waals surface area contributed by atoms with Crippen molar-refractivity contribution >= 4 is 27.3 Å². The smallest absolute Gasteiger partial charge is 0.0684 e. The molecule has 1 aromatic carbocycles.